The van der Waals surface area contributed by atoms with Crippen LogP contribution in [0.4, 0.5) is 0 Å². The predicted octanol–water partition coefficient (Wildman–Crippen LogP) is 5.98. The lowest BCUT2D eigenvalue weighted by Crippen LogP contribution is -1.98. The third-order valence-corrected chi connectivity index (χ3v) is 4.97. The summed E-state index contributed by atoms with van der Waals surface area (Å²) >= 11 is 0. The molecular formula is C23H16O3. The molecule has 126 valence electrons. The summed E-state index contributed by atoms with van der Waals surface area (Å²) in [6, 6.07) is 19.6. The minimum absolute atomic E-state index is 0.375. The Hall–Kier alpha value is -3.33. The molecule has 0 unspecified atom stereocenters. The first kappa shape index (κ1) is 15.0. The average Bonchev–Trinajstić information content (AvgIpc) is 2.97. The monoisotopic (exact) mass is 340 g/mol. The van der Waals surface area contributed by atoms with E-state index in [0.717, 1.165) is 44.0 Å². The standard InChI is InChI=1S/C23H16O3/c1-13-7-10-20-18(11-13)14(2)22(25-20)19-12-21(24)26-23-16-6-4-3-5-15(16)8-9-17(19)23/h3-12H,1-2H3. The molecule has 0 aliphatic carbocycles. The first-order valence-electron chi connectivity index (χ1n) is 8.57. The van der Waals surface area contributed by atoms with Gasteiger partial charge in [-0.25, -0.2) is 4.79 Å². The van der Waals surface area contributed by atoms with E-state index < -0.39 is 0 Å². The Balaban J connectivity index is 1.92. The van der Waals surface area contributed by atoms with Crippen LogP contribution in [0.1, 0.15) is 11.1 Å². The number of furan rings is 1. The highest BCUT2D eigenvalue weighted by molar-refractivity contribution is 6.09. The van der Waals surface area contributed by atoms with Gasteiger partial charge in [0.05, 0.1) is 0 Å². The Labute approximate surface area is 149 Å². The van der Waals surface area contributed by atoms with Crippen LogP contribution in [0.5, 0.6) is 0 Å². The minimum atomic E-state index is -0.375. The van der Waals surface area contributed by atoms with Gasteiger partial charge in [-0.05, 0) is 37.4 Å². The molecule has 0 aliphatic rings. The lowest BCUT2D eigenvalue weighted by Gasteiger charge is -2.06. The van der Waals surface area contributed by atoms with E-state index in [1.807, 2.05) is 55.5 Å². The molecule has 0 aliphatic heterocycles. The molecule has 2 heterocycles. The molecule has 0 saturated heterocycles. The van der Waals surface area contributed by atoms with E-state index >= 15 is 0 Å². The lowest BCUT2D eigenvalue weighted by atomic mass is 10.0. The van der Waals surface area contributed by atoms with Gasteiger partial charge in [0.1, 0.15) is 16.9 Å². The Morgan fingerprint density at radius 2 is 1.62 bits per heavy atom. The van der Waals surface area contributed by atoms with Crippen molar-refractivity contribution >= 4 is 32.7 Å². The van der Waals surface area contributed by atoms with E-state index in [9.17, 15) is 4.79 Å². The summed E-state index contributed by atoms with van der Waals surface area (Å²) in [5.41, 5.74) is 4.03. The van der Waals surface area contributed by atoms with Crippen molar-refractivity contribution in [3.63, 3.8) is 0 Å². The fraction of sp³-hybridized carbons (Fsp3) is 0.0870. The Bertz CT molecular complexity index is 1370. The zero-order valence-corrected chi connectivity index (χ0v) is 14.5. The molecule has 0 radical (unpaired) electrons. The maximum Gasteiger partial charge on any atom is 0.336 e. The van der Waals surface area contributed by atoms with Gasteiger partial charge in [-0.15, -0.1) is 0 Å². The molecule has 5 aromatic rings. The van der Waals surface area contributed by atoms with E-state index in [1.54, 1.807) is 0 Å². The second-order valence-electron chi connectivity index (χ2n) is 6.70. The molecule has 0 N–H and O–H groups in total. The van der Waals surface area contributed by atoms with Crippen LogP contribution in [0.3, 0.4) is 0 Å². The van der Waals surface area contributed by atoms with Crippen LogP contribution >= 0.6 is 0 Å². The van der Waals surface area contributed by atoms with Gasteiger partial charge in [0.15, 0.2) is 0 Å². The second-order valence-corrected chi connectivity index (χ2v) is 6.70. The summed E-state index contributed by atoms with van der Waals surface area (Å²) in [7, 11) is 0. The van der Waals surface area contributed by atoms with Gasteiger partial charge in [0.2, 0.25) is 0 Å². The van der Waals surface area contributed by atoms with Crippen molar-refractivity contribution in [2.45, 2.75) is 13.8 Å². The fourth-order valence-corrected chi connectivity index (χ4v) is 3.67. The van der Waals surface area contributed by atoms with Crippen molar-refractivity contribution in [1.29, 1.82) is 0 Å². The Morgan fingerprint density at radius 1 is 0.769 bits per heavy atom. The Kier molecular flexibility index (Phi) is 3.07. The molecule has 26 heavy (non-hydrogen) atoms. The van der Waals surface area contributed by atoms with Gasteiger partial charge in [-0.2, -0.15) is 0 Å². The van der Waals surface area contributed by atoms with Crippen LogP contribution in [0, 0.1) is 13.8 Å². The van der Waals surface area contributed by atoms with Crippen LogP contribution in [0.15, 0.2) is 74.3 Å². The summed E-state index contributed by atoms with van der Waals surface area (Å²) in [4.78, 5) is 12.3. The van der Waals surface area contributed by atoms with Crippen LogP contribution in [0.25, 0.3) is 44.0 Å². The first-order valence-corrected chi connectivity index (χ1v) is 8.57. The normalized spacial score (nSPS) is 11.6. The molecule has 0 amide bonds. The van der Waals surface area contributed by atoms with Gasteiger partial charge in [0, 0.05) is 33.4 Å². The van der Waals surface area contributed by atoms with Crippen molar-refractivity contribution in [2.75, 3.05) is 0 Å². The quantitative estimate of drug-likeness (QED) is 0.279. The minimum Gasteiger partial charge on any atom is -0.456 e. The largest absolute Gasteiger partial charge is 0.456 e. The zero-order valence-electron chi connectivity index (χ0n) is 14.5. The smallest absolute Gasteiger partial charge is 0.336 e. The summed E-state index contributed by atoms with van der Waals surface area (Å²) in [5, 5.41) is 3.91. The molecule has 0 fully saturated rings. The Morgan fingerprint density at radius 3 is 2.50 bits per heavy atom. The highest BCUT2D eigenvalue weighted by Gasteiger charge is 2.17. The van der Waals surface area contributed by atoms with E-state index in [0.29, 0.717) is 5.58 Å². The molecular weight excluding hydrogens is 324 g/mol. The van der Waals surface area contributed by atoms with E-state index in [1.165, 1.54) is 11.6 Å². The van der Waals surface area contributed by atoms with E-state index in [4.69, 9.17) is 8.83 Å². The lowest BCUT2D eigenvalue weighted by molar-refractivity contribution is 0.562. The third-order valence-electron chi connectivity index (χ3n) is 4.97. The zero-order chi connectivity index (χ0) is 17.8. The van der Waals surface area contributed by atoms with E-state index in [2.05, 4.69) is 13.0 Å². The maximum absolute atomic E-state index is 12.3. The highest BCUT2D eigenvalue weighted by Crippen LogP contribution is 2.37. The van der Waals surface area contributed by atoms with Gasteiger partial charge in [0.25, 0.3) is 0 Å². The number of hydrogen-bond donors (Lipinski definition) is 0. The fourth-order valence-electron chi connectivity index (χ4n) is 3.67. The molecule has 2 aromatic heterocycles. The van der Waals surface area contributed by atoms with Crippen molar-refractivity contribution in [1.82, 2.24) is 0 Å². The summed E-state index contributed by atoms with van der Waals surface area (Å²) < 4.78 is 11.7. The number of benzene rings is 3. The summed E-state index contributed by atoms with van der Waals surface area (Å²) in [6.45, 7) is 4.09. The van der Waals surface area contributed by atoms with Gasteiger partial charge in [-0.3, -0.25) is 0 Å². The van der Waals surface area contributed by atoms with Crippen molar-refractivity contribution < 1.29 is 8.83 Å². The first-order chi connectivity index (χ1) is 12.6. The average molecular weight is 340 g/mol. The van der Waals surface area contributed by atoms with Crippen LogP contribution < -0.4 is 5.63 Å². The number of aryl methyl sites for hydroxylation is 2. The topological polar surface area (TPSA) is 43.4 Å². The van der Waals surface area contributed by atoms with Crippen LogP contribution in [-0.4, -0.2) is 0 Å². The van der Waals surface area contributed by atoms with Gasteiger partial charge in [-0.1, -0.05) is 42.0 Å². The molecule has 0 saturated carbocycles. The molecule has 0 bridgehead atoms. The molecule has 3 heteroatoms. The van der Waals surface area contributed by atoms with Crippen molar-refractivity contribution in [3.8, 4) is 11.3 Å². The number of fused-ring (bicyclic) bond motifs is 4. The van der Waals surface area contributed by atoms with Crippen molar-refractivity contribution in [3.05, 3.63) is 82.2 Å². The number of rotatable bonds is 1. The van der Waals surface area contributed by atoms with Gasteiger partial charge >= 0.3 is 5.63 Å². The molecule has 3 nitrogen and oxygen atoms in total. The molecule has 3 aromatic carbocycles. The predicted molar refractivity (Wildman–Crippen MR) is 105 cm³/mol. The highest BCUT2D eigenvalue weighted by atomic mass is 16.4. The van der Waals surface area contributed by atoms with Crippen LogP contribution in [0.2, 0.25) is 0 Å². The van der Waals surface area contributed by atoms with Crippen molar-refractivity contribution in [2.24, 2.45) is 0 Å². The second kappa shape index (κ2) is 5.33. The summed E-state index contributed by atoms with van der Waals surface area (Å²) in [6.07, 6.45) is 0. The summed E-state index contributed by atoms with van der Waals surface area (Å²) in [5.74, 6) is 0.721. The van der Waals surface area contributed by atoms with E-state index in [-0.39, 0.29) is 5.63 Å². The number of hydrogen-bond acceptors (Lipinski definition) is 3. The SMILES string of the molecule is Cc1ccc2oc(-c3cc(=O)oc4c3ccc3ccccc34)c(C)c2c1. The maximum atomic E-state index is 12.3. The molecule has 0 spiro atoms. The third kappa shape index (κ3) is 2.10. The van der Waals surface area contributed by atoms with Crippen LogP contribution in [-0.2, 0) is 0 Å². The molecule has 0 atom stereocenters. The van der Waals surface area contributed by atoms with Gasteiger partial charge < -0.3 is 8.83 Å². The molecule has 5 rings (SSSR count).